The Kier molecular flexibility index (Phi) is 6.09. The Labute approximate surface area is 169 Å². The SMILES string of the molecule is CC(=O)Nc1ccc(NC(=O)c2cc(Nc3ccc(N(C)C)cc3)ccn2)cc1. The zero-order valence-corrected chi connectivity index (χ0v) is 16.6. The number of carbonyl (C=O) groups is 2. The Morgan fingerprint density at radius 3 is 1.97 bits per heavy atom. The van der Waals surface area contributed by atoms with E-state index in [1.54, 1.807) is 42.6 Å². The Bertz CT molecular complexity index is 998. The second-order valence-electron chi connectivity index (χ2n) is 6.71. The van der Waals surface area contributed by atoms with Crippen LogP contribution in [0.3, 0.4) is 0 Å². The van der Waals surface area contributed by atoms with Crippen molar-refractivity contribution in [1.29, 1.82) is 0 Å². The molecule has 0 aliphatic carbocycles. The van der Waals surface area contributed by atoms with E-state index in [1.165, 1.54) is 6.92 Å². The van der Waals surface area contributed by atoms with E-state index in [2.05, 4.69) is 20.9 Å². The van der Waals surface area contributed by atoms with Crippen LogP contribution in [0.1, 0.15) is 17.4 Å². The van der Waals surface area contributed by atoms with E-state index in [0.29, 0.717) is 17.1 Å². The van der Waals surface area contributed by atoms with Gasteiger partial charge in [-0.1, -0.05) is 0 Å². The quantitative estimate of drug-likeness (QED) is 0.591. The average Bonchev–Trinajstić information content (AvgIpc) is 2.70. The van der Waals surface area contributed by atoms with Crippen LogP contribution in [0.2, 0.25) is 0 Å². The lowest BCUT2D eigenvalue weighted by molar-refractivity contribution is -0.114. The minimum atomic E-state index is -0.316. The molecule has 7 heteroatoms. The first-order valence-corrected chi connectivity index (χ1v) is 9.10. The molecule has 0 aliphatic rings. The Hall–Kier alpha value is -3.87. The summed E-state index contributed by atoms with van der Waals surface area (Å²) in [7, 11) is 3.98. The maximum absolute atomic E-state index is 12.5. The van der Waals surface area contributed by atoms with Gasteiger partial charge in [0, 0.05) is 55.7 Å². The molecular formula is C22H23N5O2. The summed E-state index contributed by atoms with van der Waals surface area (Å²) in [5.41, 5.74) is 4.37. The number of hydrogen-bond acceptors (Lipinski definition) is 5. The monoisotopic (exact) mass is 389 g/mol. The normalized spacial score (nSPS) is 10.2. The summed E-state index contributed by atoms with van der Waals surface area (Å²) in [5, 5.41) is 8.76. The van der Waals surface area contributed by atoms with Crippen LogP contribution in [0.25, 0.3) is 0 Å². The van der Waals surface area contributed by atoms with E-state index in [4.69, 9.17) is 0 Å². The van der Waals surface area contributed by atoms with Gasteiger partial charge in [-0.2, -0.15) is 0 Å². The van der Waals surface area contributed by atoms with Gasteiger partial charge in [0.15, 0.2) is 0 Å². The van der Waals surface area contributed by atoms with Crippen molar-refractivity contribution in [2.75, 3.05) is 34.9 Å². The smallest absolute Gasteiger partial charge is 0.274 e. The van der Waals surface area contributed by atoms with Crippen molar-refractivity contribution in [1.82, 2.24) is 4.98 Å². The molecule has 1 heterocycles. The molecule has 3 aromatic rings. The first-order valence-electron chi connectivity index (χ1n) is 9.10. The number of carbonyl (C=O) groups excluding carboxylic acids is 2. The molecule has 0 radical (unpaired) electrons. The zero-order valence-electron chi connectivity index (χ0n) is 16.6. The second-order valence-corrected chi connectivity index (χ2v) is 6.71. The molecule has 0 saturated heterocycles. The third kappa shape index (κ3) is 5.55. The number of rotatable bonds is 6. The summed E-state index contributed by atoms with van der Waals surface area (Å²) in [6.45, 7) is 1.44. The van der Waals surface area contributed by atoms with Crippen molar-refractivity contribution in [3.63, 3.8) is 0 Å². The van der Waals surface area contributed by atoms with Crippen LogP contribution in [0, 0.1) is 0 Å². The predicted octanol–water partition coefficient (Wildman–Crippen LogP) is 4.10. The van der Waals surface area contributed by atoms with E-state index >= 15 is 0 Å². The summed E-state index contributed by atoms with van der Waals surface area (Å²) in [6.07, 6.45) is 1.59. The summed E-state index contributed by atoms with van der Waals surface area (Å²) in [4.78, 5) is 29.8. The molecule has 0 bridgehead atoms. The number of nitrogens with zero attached hydrogens (tertiary/aromatic N) is 2. The van der Waals surface area contributed by atoms with Gasteiger partial charge in [0.1, 0.15) is 5.69 Å². The predicted molar refractivity (Wildman–Crippen MR) is 117 cm³/mol. The topological polar surface area (TPSA) is 86.4 Å². The van der Waals surface area contributed by atoms with Crippen LogP contribution >= 0.6 is 0 Å². The van der Waals surface area contributed by atoms with Crippen molar-refractivity contribution in [3.05, 3.63) is 72.6 Å². The summed E-state index contributed by atoms with van der Waals surface area (Å²) >= 11 is 0. The van der Waals surface area contributed by atoms with Crippen molar-refractivity contribution >= 4 is 40.3 Å². The van der Waals surface area contributed by atoms with E-state index < -0.39 is 0 Å². The molecule has 148 valence electrons. The highest BCUT2D eigenvalue weighted by atomic mass is 16.2. The Morgan fingerprint density at radius 2 is 1.38 bits per heavy atom. The molecule has 2 aromatic carbocycles. The fourth-order valence-electron chi connectivity index (χ4n) is 2.68. The zero-order chi connectivity index (χ0) is 20.8. The lowest BCUT2D eigenvalue weighted by Crippen LogP contribution is -2.14. The van der Waals surface area contributed by atoms with Crippen LogP contribution in [0.4, 0.5) is 28.4 Å². The minimum Gasteiger partial charge on any atom is -0.378 e. The van der Waals surface area contributed by atoms with Crippen molar-refractivity contribution in [2.45, 2.75) is 6.92 Å². The van der Waals surface area contributed by atoms with E-state index in [1.807, 2.05) is 43.3 Å². The lowest BCUT2D eigenvalue weighted by atomic mass is 10.2. The van der Waals surface area contributed by atoms with Gasteiger partial charge in [-0.05, 0) is 60.7 Å². The molecule has 2 amide bonds. The number of nitrogens with one attached hydrogen (secondary N) is 3. The second kappa shape index (κ2) is 8.88. The third-order valence-electron chi connectivity index (χ3n) is 4.13. The van der Waals surface area contributed by atoms with Gasteiger partial charge in [0.25, 0.3) is 5.91 Å². The van der Waals surface area contributed by atoms with Gasteiger partial charge < -0.3 is 20.9 Å². The largest absolute Gasteiger partial charge is 0.378 e. The minimum absolute atomic E-state index is 0.147. The molecule has 0 saturated carbocycles. The number of benzene rings is 2. The highest BCUT2D eigenvalue weighted by molar-refractivity contribution is 6.03. The van der Waals surface area contributed by atoms with Crippen molar-refractivity contribution < 1.29 is 9.59 Å². The molecular weight excluding hydrogens is 366 g/mol. The first kappa shape index (κ1) is 19.9. The highest BCUT2D eigenvalue weighted by Crippen LogP contribution is 2.21. The molecule has 0 atom stereocenters. The maximum atomic E-state index is 12.5. The Balaban J connectivity index is 1.66. The summed E-state index contributed by atoms with van der Waals surface area (Å²) in [5.74, 6) is -0.462. The molecule has 0 spiro atoms. The van der Waals surface area contributed by atoms with Gasteiger partial charge in [0.05, 0.1) is 0 Å². The maximum Gasteiger partial charge on any atom is 0.274 e. The molecule has 1 aromatic heterocycles. The fraction of sp³-hybridized carbons (Fsp3) is 0.136. The van der Waals surface area contributed by atoms with Crippen molar-refractivity contribution in [3.8, 4) is 0 Å². The number of amides is 2. The van der Waals surface area contributed by atoms with Gasteiger partial charge in [-0.3, -0.25) is 14.6 Å². The van der Waals surface area contributed by atoms with Crippen LogP contribution in [-0.4, -0.2) is 30.9 Å². The van der Waals surface area contributed by atoms with Gasteiger partial charge in [0.2, 0.25) is 5.91 Å². The number of hydrogen-bond donors (Lipinski definition) is 3. The van der Waals surface area contributed by atoms with Gasteiger partial charge in [-0.25, -0.2) is 0 Å². The molecule has 0 fully saturated rings. The summed E-state index contributed by atoms with van der Waals surface area (Å²) in [6, 6.07) is 18.4. The molecule has 7 nitrogen and oxygen atoms in total. The average molecular weight is 389 g/mol. The molecule has 0 aliphatic heterocycles. The molecule has 3 N–H and O–H groups in total. The fourth-order valence-corrected chi connectivity index (χ4v) is 2.68. The number of aromatic nitrogens is 1. The van der Waals surface area contributed by atoms with Crippen molar-refractivity contribution in [2.24, 2.45) is 0 Å². The van der Waals surface area contributed by atoms with E-state index in [9.17, 15) is 9.59 Å². The third-order valence-corrected chi connectivity index (χ3v) is 4.13. The van der Waals surface area contributed by atoms with E-state index in [-0.39, 0.29) is 11.8 Å². The lowest BCUT2D eigenvalue weighted by Gasteiger charge is -2.13. The van der Waals surface area contributed by atoms with Gasteiger partial charge in [-0.15, -0.1) is 0 Å². The molecule has 0 unspecified atom stereocenters. The van der Waals surface area contributed by atoms with Crippen LogP contribution in [0.15, 0.2) is 66.9 Å². The van der Waals surface area contributed by atoms with Gasteiger partial charge >= 0.3 is 0 Å². The Morgan fingerprint density at radius 1 is 0.793 bits per heavy atom. The number of pyridine rings is 1. The first-order chi connectivity index (χ1) is 13.9. The molecule has 3 rings (SSSR count). The highest BCUT2D eigenvalue weighted by Gasteiger charge is 2.09. The van der Waals surface area contributed by atoms with Crippen LogP contribution in [0.5, 0.6) is 0 Å². The molecule has 29 heavy (non-hydrogen) atoms. The standard InChI is InChI=1S/C22H23N5O2/c1-15(28)24-16-4-6-18(7-5-16)26-22(29)21-14-19(12-13-23-21)25-17-8-10-20(11-9-17)27(2)3/h4-14H,1-3H3,(H,23,25)(H,24,28)(H,26,29). The van der Waals surface area contributed by atoms with E-state index in [0.717, 1.165) is 17.1 Å². The summed E-state index contributed by atoms with van der Waals surface area (Å²) < 4.78 is 0. The van der Waals surface area contributed by atoms with Crippen LogP contribution < -0.4 is 20.9 Å². The van der Waals surface area contributed by atoms with Crippen LogP contribution in [-0.2, 0) is 4.79 Å². The number of anilines is 5.